The summed E-state index contributed by atoms with van der Waals surface area (Å²) in [5.74, 6) is 0.228. The van der Waals surface area contributed by atoms with Gasteiger partial charge in [-0.15, -0.1) is 23.4 Å². The standard InChI is InChI=1S/C34H29F3N4O3/c35-34(36,37)44-28-20-18-27(19-21-28)43-23-30-38-39-32(41(30)26-15-8-3-9-16-26)33(42)40-22-10-17-29(40)31(24-11-4-1-5-12-24)25-13-6-2-7-14-25/h1-9,11-16,18-21,29,31H,10,17,22-23H2/t29-/m1/s1. The molecular formula is C34H29F3N4O3. The van der Waals surface area contributed by atoms with Gasteiger partial charge in [-0.25, -0.2) is 0 Å². The number of carbonyl (C=O) groups excluding carboxylic acids is 1. The molecule has 0 bridgehead atoms. The molecule has 0 saturated carbocycles. The van der Waals surface area contributed by atoms with E-state index in [0.717, 1.165) is 24.0 Å². The topological polar surface area (TPSA) is 69.5 Å². The van der Waals surface area contributed by atoms with Crippen LogP contribution in [0.25, 0.3) is 5.69 Å². The molecule has 0 radical (unpaired) electrons. The van der Waals surface area contributed by atoms with E-state index in [-0.39, 0.29) is 36.0 Å². The number of hydrogen-bond donors (Lipinski definition) is 0. The van der Waals surface area contributed by atoms with Gasteiger partial charge in [-0.2, -0.15) is 0 Å². The molecule has 0 unspecified atom stereocenters. The summed E-state index contributed by atoms with van der Waals surface area (Å²) in [7, 11) is 0. The molecule has 1 aliphatic rings. The van der Waals surface area contributed by atoms with Crippen molar-refractivity contribution >= 4 is 5.91 Å². The molecule has 2 heterocycles. The molecule has 10 heteroatoms. The summed E-state index contributed by atoms with van der Waals surface area (Å²) in [6, 6.07) is 34.7. The molecule has 0 N–H and O–H groups in total. The predicted molar refractivity (Wildman–Crippen MR) is 158 cm³/mol. The van der Waals surface area contributed by atoms with Crippen molar-refractivity contribution < 1.29 is 27.4 Å². The predicted octanol–water partition coefficient (Wildman–Crippen LogP) is 7.18. The van der Waals surface area contributed by atoms with Gasteiger partial charge < -0.3 is 14.4 Å². The molecule has 1 atom stereocenters. The molecule has 1 amide bonds. The van der Waals surface area contributed by atoms with Gasteiger partial charge in [0.05, 0.1) is 0 Å². The van der Waals surface area contributed by atoms with Crippen molar-refractivity contribution in [3.8, 4) is 17.2 Å². The Morgan fingerprint density at radius 1 is 0.795 bits per heavy atom. The summed E-state index contributed by atoms with van der Waals surface area (Å²) >= 11 is 0. The SMILES string of the molecule is O=C(c1nnc(COc2ccc(OC(F)(F)F)cc2)n1-c1ccccc1)N1CCC[C@@H]1C(c1ccccc1)c1ccccc1. The van der Waals surface area contributed by atoms with E-state index in [1.807, 2.05) is 71.6 Å². The first-order valence-corrected chi connectivity index (χ1v) is 14.3. The van der Waals surface area contributed by atoms with Gasteiger partial charge in [-0.05, 0) is 60.4 Å². The average Bonchev–Trinajstić information content (AvgIpc) is 3.69. The smallest absolute Gasteiger partial charge is 0.486 e. The Bertz CT molecular complexity index is 1640. The second kappa shape index (κ2) is 12.6. The largest absolute Gasteiger partial charge is 0.573 e. The number of hydrogen-bond acceptors (Lipinski definition) is 5. The highest BCUT2D eigenvalue weighted by atomic mass is 19.4. The Morgan fingerprint density at radius 3 is 1.95 bits per heavy atom. The molecule has 0 spiro atoms. The number of para-hydroxylation sites is 1. The van der Waals surface area contributed by atoms with E-state index in [0.29, 0.717) is 23.8 Å². The summed E-state index contributed by atoms with van der Waals surface area (Å²) in [4.78, 5) is 16.2. The van der Waals surface area contributed by atoms with Crippen LogP contribution in [0.2, 0.25) is 0 Å². The van der Waals surface area contributed by atoms with Crippen molar-refractivity contribution in [3.63, 3.8) is 0 Å². The fraction of sp³-hybridized carbons (Fsp3) is 0.206. The molecule has 1 aromatic heterocycles. The summed E-state index contributed by atoms with van der Waals surface area (Å²) in [6.07, 6.45) is -3.09. The zero-order chi connectivity index (χ0) is 30.5. The first-order valence-electron chi connectivity index (χ1n) is 14.3. The minimum atomic E-state index is -4.78. The maximum Gasteiger partial charge on any atom is 0.573 e. The molecule has 4 aromatic carbocycles. The molecule has 44 heavy (non-hydrogen) atoms. The number of ether oxygens (including phenoxy) is 2. The Labute approximate surface area is 252 Å². The van der Waals surface area contributed by atoms with Crippen LogP contribution in [0.15, 0.2) is 115 Å². The van der Waals surface area contributed by atoms with Crippen LogP contribution < -0.4 is 9.47 Å². The number of rotatable bonds is 9. The molecular weight excluding hydrogens is 569 g/mol. The normalized spacial score (nSPS) is 15.0. The van der Waals surface area contributed by atoms with Crippen LogP contribution in [0.5, 0.6) is 11.5 Å². The highest BCUT2D eigenvalue weighted by molar-refractivity contribution is 5.92. The van der Waals surface area contributed by atoms with Crippen molar-refractivity contribution in [2.45, 2.75) is 37.8 Å². The monoisotopic (exact) mass is 598 g/mol. The molecule has 1 saturated heterocycles. The van der Waals surface area contributed by atoms with E-state index in [2.05, 4.69) is 39.2 Å². The van der Waals surface area contributed by atoms with Crippen molar-refractivity contribution in [3.05, 3.63) is 138 Å². The zero-order valence-electron chi connectivity index (χ0n) is 23.6. The number of likely N-dealkylation sites (tertiary alicyclic amines) is 1. The average molecular weight is 599 g/mol. The molecule has 1 aliphatic heterocycles. The number of halogens is 3. The van der Waals surface area contributed by atoms with Crippen LogP contribution >= 0.6 is 0 Å². The maximum atomic E-state index is 14.3. The third kappa shape index (κ3) is 6.44. The third-order valence-corrected chi connectivity index (χ3v) is 7.62. The summed E-state index contributed by atoms with van der Waals surface area (Å²) < 4.78 is 49.1. The molecule has 5 aromatic rings. The van der Waals surface area contributed by atoms with Gasteiger partial charge in [0.15, 0.2) is 5.82 Å². The lowest BCUT2D eigenvalue weighted by molar-refractivity contribution is -0.274. The highest BCUT2D eigenvalue weighted by Crippen LogP contribution is 2.37. The lowest BCUT2D eigenvalue weighted by atomic mass is 9.84. The second-order valence-electron chi connectivity index (χ2n) is 10.4. The fourth-order valence-electron chi connectivity index (χ4n) is 5.76. The van der Waals surface area contributed by atoms with Gasteiger partial charge >= 0.3 is 6.36 Å². The van der Waals surface area contributed by atoms with Gasteiger partial charge in [0, 0.05) is 24.2 Å². The van der Waals surface area contributed by atoms with Crippen LogP contribution in [0, 0.1) is 0 Å². The second-order valence-corrected chi connectivity index (χ2v) is 10.4. The number of nitrogens with zero attached hydrogens (tertiary/aromatic N) is 4. The van der Waals surface area contributed by atoms with Crippen LogP contribution in [0.3, 0.4) is 0 Å². The lowest BCUT2D eigenvalue weighted by Gasteiger charge is -2.32. The van der Waals surface area contributed by atoms with Gasteiger partial charge in [-0.3, -0.25) is 9.36 Å². The van der Waals surface area contributed by atoms with Crippen LogP contribution in [0.4, 0.5) is 13.2 Å². The van der Waals surface area contributed by atoms with Crippen LogP contribution in [-0.4, -0.2) is 44.5 Å². The van der Waals surface area contributed by atoms with E-state index in [4.69, 9.17) is 4.74 Å². The maximum absolute atomic E-state index is 14.3. The van der Waals surface area contributed by atoms with E-state index < -0.39 is 6.36 Å². The van der Waals surface area contributed by atoms with Crippen LogP contribution in [0.1, 0.15) is 46.3 Å². The Hall–Kier alpha value is -5.12. The Kier molecular flexibility index (Phi) is 8.31. The molecule has 0 aliphatic carbocycles. The van der Waals surface area contributed by atoms with Crippen molar-refractivity contribution in [1.82, 2.24) is 19.7 Å². The molecule has 1 fully saturated rings. The minimum Gasteiger partial charge on any atom is -0.486 e. The third-order valence-electron chi connectivity index (χ3n) is 7.62. The van der Waals surface area contributed by atoms with Crippen LogP contribution in [-0.2, 0) is 6.61 Å². The minimum absolute atomic E-state index is 0.0240. The highest BCUT2D eigenvalue weighted by Gasteiger charge is 2.39. The summed E-state index contributed by atoms with van der Waals surface area (Å²) in [5.41, 5.74) is 2.95. The van der Waals surface area contributed by atoms with Crippen molar-refractivity contribution in [2.24, 2.45) is 0 Å². The quantitative estimate of drug-likeness (QED) is 0.180. The van der Waals surface area contributed by atoms with Gasteiger partial charge in [0.1, 0.15) is 18.1 Å². The summed E-state index contributed by atoms with van der Waals surface area (Å²) in [6.45, 7) is 0.508. The van der Waals surface area contributed by atoms with Crippen molar-refractivity contribution in [2.75, 3.05) is 6.54 Å². The first kappa shape index (κ1) is 29.0. The summed E-state index contributed by atoms with van der Waals surface area (Å²) in [5, 5.41) is 8.66. The number of alkyl halides is 3. The van der Waals surface area contributed by atoms with Gasteiger partial charge in [0.25, 0.3) is 5.91 Å². The number of amides is 1. The lowest BCUT2D eigenvalue weighted by Crippen LogP contribution is -2.40. The number of aromatic nitrogens is 3. The van der Waals surface area contributed by atoms with Gasteiger partial charge in [0.2, 0.25) is 5.82 Å². The van der Waals surface area contributed by atoms with E-state index in [1.54, 1.807) is 4.57 Å². The Balaban J connectivity index is 1.29. The molecule has 224 valence electrons. The Morgan fingerprint density at radius 2 is 1.36 bits per heavy atom. The van der Waals surface area contributed by atoms with E-state index in [9.17, 15) is 18.0 Å². The van der Waals surface area contributed by atoms with Crippen molar-refractivity contribution in [1.29, 1.82) is 0 Å². The molecule has 6 rings (SSSR count). The fourth-order valence-corrected chi connectivity index (χ4v) is 5.76. The van der Waals surface area contributed by atoms with E-state index in [1.165, 1.54) is 24.3 Å². The molecule has 7 nitrogen and oxygen atoms in total. The number of carbonyl (C=O) groups is 1. The number of benzene rings is 4. The first-order chi connectivity index (χ1) is 21.4. The van der Waals surface area contributed by atoms with E-state index >= 15 is 0 Å². The van der Waals surface area contributed by atoms with Gasteiger partial charge in [-0.1, -0.05) is 78.9 Å². The zero-order valence-corrected chi connectivity index (χ0v) is 23.6.